The smallest absolute Gasteiger partial charge is 0.224 e. The van der Waals surface area contributed by atoms with E-state index in [0.717, 1.165) is 11.6 Å². The molecular formula is C12H10F2N2O2S. The van der Waals surface area contributed by atoms with Crippen LogP contribution in [0, 0.1) is 18.3 Å². The Morgan fingerprint density at radius 3 is 2.47 bits per heavy atom. The number of hydrogen-bond acceptors (Lipinski definition) is 3. The molecule has 2 rings (SSSR count). The van der Waals surface area contributed by atoms with Gasteiger partial charge in [-0.1, -0.05) is 17.7 Å². The summed E-state index contributed by atoms with van der Waals surface area (Å²) in [5.74, 6) is -3.00. The number of sulfonamides is 1. The van der Waals surface area contributed by atoms with Crippen molar-refractivity contribution in [1.29, 1.82) is 5.26 Å². The summed E-state index contributed by atoms with van der Waals surface area (Å²) in [7, 11) is -4.43. The van der Waals surface area contributed by atoms with Crippen LogP contribution in [0.2, 0.25) is 0 Å². The fourth-order valence-corrected chi connectivity index (χ4v) is 3.25. The molecule has 2 unspecified atom stereocenters. The van der Waals surface area contributed by atoms with Crippen LogP contribution in [0.5, 0.6) is 0 Å². The van der Waals surface area contributed by atoms with Crippen molar-refractivity contribution in [2.75, 3.05) is 0 Å². The minimum Gasteiger partial charge on any atom is -0.224 e. The molecule has 0 fully saturated rings. The van der Waals surface area contributed by atoms with Gasteiger partial charge in [0.15, 0.2) is 6.30 Å². The van der Waals surface area contributed by atoms with Crippen LogP contribution in [0.4, 0.5) is 8.78 Å². The summed E-state index contributed by atoms with van der Waals surface area (Å²) in [6.45, 7) is 1.75. The van der Waals surface area contributed by atoms with E-state index in [2.05, 4.69) is 0 Å². The Kier molecular flexibility index (Phi) is 3.16. The number of aryl methyl sites for hydroxylation is 1. The highest BCUT2D eigenvalue weighted by molar-refractivity contribution is 7.89. The lowest BCUT2D eigenvalue weighted by molar-refractivity contribution is 0.0852. The molecule has 4 nitrogen and oxygen atoms in total. The third-order valence-corrected chi connectivity index (χ3v) is 4.61. The van der Waals surface area contributed by atoms with Crippen LogP contribution < -0.4 is 0 Å². The number of halogens is 2. The third kappa shape index (κ3) is 2.13. The Balaban J connectivity index is 2.51. The predicted molar refractivity (Wildman–Crippen MR) is 63.7 cm³/mol. The SMILES string of the molecule is Cc1ccc(S(=O)(=O)N2C(F)C=CC2(F)C#N)cc1. The zero-order valence-electron chi connectivity index (χ0n) is 9.92. The van der Waals surface area contributed by atoms with Gasteiger partial charge in [0.1, 0.15) is 6.07 Å². The van der Waals surface area contributed by atoms with E-state index in [1.54, 1.807) is 6.92 Å². The van der Waals surface area contributed by atoms with Gasteiger partial charge in [0.2, 0.25) is 10.0 Å². The van der Waals surface area contributed by atoms with E-state index in [-0.39, 0.29) is 9.20 Å². The Morgan fingerprint density at radius 2 is 1.95 bits per heavy atom. The fourth-order valence-electron chi connectivity index (χ4n) is 1.76. The lowest BCUT2D eigenvalue weighted by Crippen LogP contribution is -2.46. The third-order valence-electron chi connectivity index (χ3n) is 2.76. The number of rotatable bonds is 2. The molecule has 7 heteroatoms. The van der Waals surface area contributed by atoms with E-state index in [9.17, 15) is 17.2 Å². The van der Waals surface area contributed by atoms with Crippen LogP contribution in [-0.4, -0.2) is 24.8 Å². The molecule has 2 atom stereocenters. The minimum absolute atomic E-state index is 0.0787. The van der Waals surface area contributed by atoms with E-state index in [0.29, 0.717) is 12.2 Å². The van der Waals surface area contributed by atoms with Crippen LogP contribution in [0.1, 0.15) is 5.56 Å². The topological polar surface area (TPSA) is 61.2 Å². The van der Waals surface area contributed by atoms with Gasteiger partial charge in [-0.25, -0.2) is 17.2 Å². The van der Waals surface area contributed by atoms with E-state index in [1.165, 1.54) is 24.3 Å². The van der Waals surface area contributed by atoms with Gasteiger partial charge in [-0.15, -0.1) is 4.31 Å². The van der Waals surface area contributed by atoms with Gasteiger partial charge in [0.05, 0.1) is 4.90 Å². The highest BCUT2D eigenvalue weighted by atomic mass is 32.2. The molecule has 0 amide bonds. The number of nitrogens with zero attached hydrogens (tertiary/aromatic N) is 2. The zero-order valence-corrected chi connectivity index (χ0v) is 10.7. The average Bonchev–Trinajstić information content (AvgIpc) is 2.67. The van der Waals surface area contributed by atoms with E-state index in [1.807, 2.05) is 0 Å². The molecule has 1 aliphatic rings. The maximum absolute atomic E-state index is 14.1. The summed E-state index contributed by atoms with van der Waals surface area (Å²) in [6.07, 6.45) is -0.894. The quantitative estimate of drug-likeness (QED) is 0.616. The first-order valence-electron chi connectivity index (χ1n) is 5.36. The van der Waals surface area contributed by atoms with Crippen molar-refractivity contribution in [1.82, 2.24) is 4.31 Å². The van der Waals surface area contributed by atoms with Crippen molar-refractivity contribution in [3.8, 4) is 6.07 Å². The van der Waals surface area contributed by atoms with E-state index < -0.39 is 22.1 Å². The summed E-state index contributed by atoms with van der Waals surface area (Å²) >= 11 is 0. The van der Waals surface area contributed by atoms with Gasteiger partial charge in [-0.05, 0) is 31.2 Å². The maximum atomic E-state index is 14.1. The molecule has 0 radical (unpaired) electrons. The van der Waals surface area contributed by atoms with Gasteiger partial charge in [0.25, 0.3) is 5.79 Å². The van der Waals surface area contributed by atoms with Crippen LogP contribution in [0.25, 0.3) is 0 Å². The van der Waals surface area contributed by atoms with Crippen LogP contribution in [0.3, 0.4) is 0 Å². The van der Waals surface area contributed by atoms with Crippen LogP contribution in [-0.2, 0) is 10.0 Å². The lowest BCUT2D eigenvalue weighted by Gasteiger charge is -2.25. The van der Waals surface area contributed by atoms with E-state index in [4.69, 9.17) is 5.26 Å². The summed E-state index contributed by atoms with van der Waals surface area (Å²) in [4.78, 5) is -0.262. The van der Waals surface area contributed by atoms with Gasteiger partial charge in [0, 0.05) is 0 Å². The number of nitriles is 1. The Morgan fingerprint density at radius 1 is 1.37 bits per heavy atom. The van der Waals surface area contributed by atoms with Crippen LogP contribution >= 0.6 is 0 Å². The van der Waals surface area contributed by atoms with Crippen molar-refractivity contribution in [3.63, 3.8) is 0 Å². The molecule has 0 saturated heterocycles. The molecule has 0 aliphatic carbocycles. The van der Waals surface area contributed by atoms with Gasteiger partial charge >= 0.3 is 0 Å². The maximum Gasteiger partial charge on any atom is 0.285 e. The molecule has 0 spiro atoms. The van der Waals surface area contributed by atoms with Crippen molar-refractivity contribution in [3.05, 3.63) is 42.0 Å². The molecule has 0 bridgehead atoms. The number of alkyl halides is 2. The van der Waals surface area contributed by atoms with Crippen LogP contribution in [0.15, 0.2) is 41.3 Å². The average molecular weight is 284 g/mol. The summed E-state index contributed by atoms with van der Waals surface area (Å²) in [5, 5.41) is 8.72. The molecule has 1 heterocycles. The lowest BCUT2D eigenvalue weighted by atomic mass is 10.2. The minimum atomic E-state index is -4.43. The van der Waals surface area contributed by atoms with Crippen molar-refractivity contribution in [2.45, 2.75) is 23.9 Å². The van der Waals surface area contributed by atoms with Gasteiger partial charge in [-0.2, -0.15) is 5.26 Å². The summed E-state index contributed by atoms with van der Waals surface area (Å²) < 4.78 is 52.0. The second-order valence-electron chi connectivity index (χ2n) is 4.13. The second-order valence-corrected chi connectivity index (χ2v) is 5.95. The van der Waals surface area contributed by atoms with Crippen molar-refractivity contribution >= 4 is 10.0 Å². The largest absolute Gasteiger partial charge is 0.285 e. The molecule has 1 aliphatic heterocycles. The first-order valence-corrected chi connectivity index (χ1v) is 6.80. The normalized spacial score (nSPS) is 27.4. The second kappa shape index (κ2) is 4.40. The van der Waals surface area contributed by atoms with E-state index >= 15 is 0 Å². The first-order chi connectivity index (χ1) is 8.81. The monoisotopic (exact) mass is 284 g/mol. The molecule has 1 aromatic rings. The van der Waals surface area contributed by atoms with Crippen molar-refractivity contribution in [2.24, 2.45) is 0 Å². The molecule has 100 valence electrons. The number of hydrogen-bond donors (Lipinski definition) is 0. The highest BCUT2D eigenvalue weighted by Crippen LogP contribution is 2.35. The summed E-state index contributed by atoms with van der Waals surface area (Å²) in [5.41, 5.74) is 0.807. The summed E-state index contributed by atoms with van der Waals surface area (Å²) in [6, 6.07) is 6.67. The molecular weight excluding hydrogens is 274 g/mol. The predicted octanol–water partition coefficient (Wildman–Crippen LogP) is 2.04. The Labute approximate surface area is 109 Å². The van der Waals surface area contributed by atoms with Gasteiger partial charge < -0.3 is 0 Å². The fraction of sp³-hybridized carbons (Fsp3) is 0.250. The molecule has 1 aromatic carbocycles. The van der Waals surface area contributed by atoms with Crippen molar-refractivity contribution < 1.29 is 17.2 Å². The molecule has 19 heavy (non-hydrogen) atoms. The zero-order chi connectivity index (χ0) is 14.3. The van der Waals surface area contributed by atoms with Gasteiger partial charge in [-0.3, -0.25) is 0 Å². The Hall–Kier alpha value is -1.78. The first kappa shape index (κ1) is 13.6. The molecule has 0 aromatic heterocycles. The Bertz CT molecular complexity index is 664. The number of benzene rings is 1. The standard InChI is InChI=1S/C12H10F2N2O2S/c1-9-2-4-10(5-3-9)19(17,18)16-11(13)6-7-12(16,14)8-15/h2-7,11H,1H3. The highest BCUT2D eigenvalue weighted by Gasteiger charge is 2.51. The molecule has 0 N–H and O–H groups in total. The molecule has 0 saturated carbocycles.